The molecular formula is C22H30N4O3S. The van der Waals surface area contributed by atoms with Crippen LogP contribution in [0.4, 0.5) is 5.82 Å². The van der Waals surface area contributed by atoms with E-state index < -0.39 is 10.0 Å². The molecule has 0 unspecified atom stereocenters. The van der Waals surface area contributed by atoms with Gasteiger partial charge in [0.1, 0.15) is 5.82 Å². The molecule has 0 bridgehead atoms. The molecule has 1 saturated carbocycles. The van der Waals surface area contributed by atoms with Crippen LogP contribution in [0.3, 0.4) is 0 Å². The van der Waals surface area contributed by atoms with Crippen molar-refractivity contribution in [2.45, 2.75) is 51.4 Å². The van der Waals surface area contributed by atoms with Crippen molar-refractivity contribution in [3.8, 4) is 5.69 Å². The van der Waals surface area contributed by atoms with Crippen molar-refractivity contribution in [1.82, 2.24) is 14.1 Å². The first kappa shape index (κ1) is 21.1. The van der Waals surface area contributed by atoms with E-state index in [1.165, 1.54) is 17.1 Å². The van der Waals surface area contributed by atoms with Gasteiger partial charge >= 0.3 is 0 Å². The molecule has 1 amide bonds. The number of hydrogen-bond acceptors (Lipinski definition) is 4. The largest absolute Gasteiger partial charge is 0.310 e. The fraction of sp³-hybridized carbons (Fsp3) is 0.545. The summed E-state index contributed by atoms with van der Waals surface area (Å²) in [5, 5.41) is 7.91. The highest BCUT2D eigenvalue weighted by molar-refractivity contribution is 7.89. The minimum atomic E-state index is -3.19. The summed E-state index contributed by atoms with van der Waals surface area (Å²) in [6, 6.07) is 11.9. The molecule has 162 valence electrons. The van der Waals surface area contributed by atoms with Gasteiger partial charge in [-0.05, 0) is 44.7 Å². The second-order valence-electron chi connectivity index (χ2n) is 8.25. The van der Waals surface area contributed by atoms with E-state index in [2.05, 4.69) is 5.32 Å². The van der Waals surface area contributed by atoms with Crippen LogP contribution in [0.5, 0.6) is 0 Å². The monoisotopic (exact) mass is 430 g/mol. The SMILES string of the molecule is CCS(=O)(=O)N1CCC(C(=O)Nc2cc(C3CCCC3)nn2-c2ccccc2)CC1. The second kappa shape index (κ2) is 8.89. The number of rotatable bonds is 6. The minimum absolute atomic E-state index is 0.0569. The van der Waals surface area contributed by atoms with Crippen molar-refractivity contribution < 1.29 is 13.2 Å². The van der Waals surface area contributed by atoms with E-state index in [1.54, 1.807) is 6.92 Å². The van der Waals surface area contributed by atoms with Crippen LogP contribution in [-0.2, 0) is 14.8 Å². The number of nitrogens with one attached hydrogen (secondary N) is 1. The lowest BCUT2D eigenvalue weighted by Crippen LogP contribution is -2.42. The predicted octanol–water partition coefficient (Wildman–Crippen LogP) is 3.53. The fourth-order valence-electron chi connectivity index (χ4n) is 4.48. The number of benzene rings is 1. The second-order valence-corrected chi connectivity index (χ2v) is 10.5. The highest BCUT2D eigenvalue weighted by Crippen LogP contribution is 2.35. The first-order chi connectivity index (χ1) is 14.5. The Labute approximate surface area is 178 Å². The van der Waals surface area contributed by atoms with Crippen LogP contribution < -0.4 is 5.32 Å². The highest BCUT2D eigenvalue weighted by Gasteiger charge is 2.31. The zero-order valence-electron chi connectivity index (χ0n) is 17.5. The summed E-state index contributed by atoms with van der Waals surface area (Å²) in [6.07, 6.45) is 5.82. The number of sulfonamides is 1. The molecule has 4 rings (SSSR count). The van der Waals surface area contributed by atoms with Crippen molar-refractivity contribution in [1.29, 1.82) is 0 Å². The van der Waals surface area contributed by atoms with Crippen molar-refractivity contribution in [2.75, 3.05) is 24.2 Å². The molecule has 1 aromatic carbocycles. The molecule has 0 radical (unpaired) electrons. The number of anilines is 1. The Morgan fingerprint density at radius 1 is 1.10 bits per heavy atom. The van der Waals surface area contributed by atoms with Gasteiger partial charge in [-0.1, -0.05) is 31.0 Å². The average molecular weight is 431 g/mol. The number of carbonyl (C=O) groups excluding carboxylic acids is 1. The Bertz CT molecular complexity index is 973. The van der Waals surface area contributed by atoms with Crippen LogP contribution in [0, 0.1) is 5.92 Å². The lowest BCUT2D eigenvalue weighted by Gasteiger charge is -2.30. The first-order valence-corrected chi connectivity index (χ1v) is 12.5. The third-order valence-corrected chi connectivity index (χ3v) is 8.22. The number of hydrogen-bond donors (Lipinski definition) is 1. The Morgan fingerprint density at radius 3 is 2.40 bits per heavy atom. The maximum absolute atomic E-state index is 13.0. The molecule has 0 atom stereocenters. The standard InChI is InChI=1S/C22H30N4O3S/c1-2-30(28,29)25-14-12-18(13-15-25)22(27)23-21-16-20(17-8-6-7-9-17)24-26(21)19-10-4-3-5-11-19/h3-5,10-11,16-18H,2,6-9,12-15H2,1H3,(H,23,27). The van der Waals surface area contributed by atoms with Crippen LogP contribution in [0.1, 0.15) is 57.1 Å². The smallest absolute Gasteiger partial charge is 0.228 e. The van der Waals surface area contributed by atoms with E-state index >= 15 is 0 Å². The Morgan fingerprint density at radius 2 is 1.77 bits per heavy atom. The van der Waals surface area contributed by atoms with Crippen LogP contribution in [-0.4, -0.2) is 47.3 Å². The van der Waals surface area contributed by atoms with Crippen LogP contribution in [0.25, 0.3) is 5.69 Å². The molecule has 2 aliphatic rings. The Balaban J connectivity index is 1.50. The molecule has 2 heterocycles. The summed E-state index contributed by atoms with van der Waals surface area (Å²) in [5.74, 6) is 0.995. The van der Waals surface area contributed by atoms with Gasteiger partial charge in [0, 0.05) is 31.0 Å². The van der Waals surface area contributed by atoms with Gasteiger partial charge in [-0.25, -0.2) is 17.4 Å². The van der Waals surface area contributed by atoms with E-state index in [-0.39, 0.29) is 17.6 Å². The average Bonchev–Trinajstić information content (AvgIpc) is 3.44. The third kappa shape index (κ3) is 4.44. The topological polar surface area (TPSA) is 84.3 Å². The van der Waals surface area contributed by atoms with Crippen LogP contribution in [0.2, 0.25) is 0 Å². The maximum Gasteiger partial charge on any atom is 0.228 e. The summed E-state index contributed by atoms with van der Waals surface area (Å²) in [5.41, 5.74) is 1.96. The fourth-order valence-corrected chi connectivity index (χ4v) is 5.61. The molecule has 30 heavy (non-hydrogen) atoms. The maximum atomic E-state index is 13.0. The first-order valence-electron chi connectivity index (χ1n) is 10.9. The molecule has 2 aromatic rings. The normalized spacial score (nSPS) is 19.2. The van der Waals surface area contributed by atoms with Crippen molar-refractivity contribution in [3.05, 3.63) is 42.1 Å². The van der Waals surface area contributed by atoms with Crippen molar-refractivity contribution in [3.63, 3.8) is 0 Å². The van der Waals surface area contributed by atoms with Gasteiger partial charge in [0.05, 0.1) is 17.1 Å². The molecule has 2 fully saturated rings. The number of carbonyl (C=O) groups is 1. The molecule has 1 aliphatic heterocycles. The molecule has 8 heteroatoms. The number of piperidine rings is 1. The van der Waals surface area contributed by atoms with Gasteiger partial charge in [-0.2, -0.15) is 5.10 Å². The number of aromatic nitrogens is 2. The van der Waals surface area contributed by atoms with E-state index in [0.717, 1.165) is 24.2 Å². The quantitative estimate of drug-likeness (QED) is 0.760. The molecule has 1 saturated heterocycles. The lowest BCUT2D eigenvalue weighted by atomic mass is 9.97. The Hall–Kier alpha value is -2.19. The zero-order chi connectivity index (χ0) is 21.1. The van der Waals surface area contributed by atoms with E-state index in [4.69, 9.17) is 5.10 Å². The summed E-state index contributed by atoms with van der Waals surface area (Å²) >= 11 is 0. The van der Waals surface area contributed by atoms with E-state index in [0.29, 0.717) is 37.7 Å². The van der Waals surface area contributed by atoms with Gasteiger partial charge in [0.25, 0.3) is 0 Å². The number of para-hydroxylation sites is 1. The predicted molar refractivity (Wildman–Crippen MR) is 117 cm³/mol. The molecule has 1 N–H and O–H groups in total. The molecule has 1 aromatic heterocycles. The molecule has 1 aliphatic carbocycles. The summed E-state index contributed by atoms with van der Waals surface area (Å²) in [6.45, 7) is 2.46. The van der Waals surface area contributed by atoms with Crippen molar-refractivity contribution >= 4 is 21.7 Å². The molecule has 0 spiro atoms. The van der Waals surface area contributed by atoms with Gasteiger partial charge in [-0.15, -0.1) is 0 Å². The lowest BCUT2D eigenvalue weighted by molar-refractivity contribution is -0.120. The molecular weight excluding hydrogens is 400 g/mol. The van der Waals surface area contributed by atoms with Gasteiger partial charge in [-0.3, -0.25) is 4.79 Å². The van der Waals surface area contributed by atoms with Crippen molar-refractivity contribution in [2.24, 2.45) is 5.92 Å². The minimum Gasteiger partial charge on any atom is -0.310 e. The third-order valence-electron chi connectivity index (χ3n) is 6.34. The van der Waals surface area contributed by atoms with Gasteiger partial charge in [0.15, 0.2) is 0 Å². The van der Waals surface area contributed by atoms with E-state index in [1.807, 2.05) is 41.1 Å². The molecule has 7 nitrogen and oxygen atoms in total. The number of amides is 1. The summed E-state index contributed by atoms with van der Waals surface area (Å²) in [7, 11) is -3.19. The van der Waals surface area contributed by atoms with E-state index in [9.17, 15) is 13.2 Å². The van der Waals surface area contributed by atoms with Gasteiger partial charge < -0.3 is 5.32 Å². The summed E-state index contributed by atoms with van der Waals surface area (Å²) < 4.78 is 27.5. The zero-order valence-corrected chi connectivity index (χ0v) is 18.3. The number of nitrogens with zero attached hydrogens (tertiary/aromatic N) is 3. The highest BCUT2D eigenvalue weighted by atomic mass is 32.2. The summed E-state index contributed by atoms with van der Waals surface area (Å²) in [4.78, 5) is 13.0. The van der Waals surface area contributed by atoms with Gasteiger partial charge in [0.2, 0.25) is 15.9 Å². The Kier molecular flexibility index (Phi) is 6.24. The van der Waals surface area contributed by atoms with Crippen LogP contribution >= 0.6 is 0 Å². The van der Waals surface area contributed by atoms with Crippen LogP contribution in [0.15, 0.2) is 36.4 Å².